The topological polar surface area (TPSA) is 210 Å². The van der Waals surface area contributed by atoms with Gasteiger partial charge >= 0.3 is 12.0 Å². The first-order valence-electron chi connectivity index (χ1n) is 19.1. The SMILES string of the molecule is C[C@H]1C[C@H]2C(=O)O[C@@H](C)[C@H](NC(=O)[C@H](Cc3cc(F)cc(F)c3)NC(=O)Nc3ccc(I)cc3)C(=O)N3CCC[C@H]3C(=O)N(C)[C@@H]([C@H](C)O)C(O)N[C@@H](C)C(=O)N2C1. The molecule has 3 saturated heterocycles. The Morgan fingerprint density at radius 3 is 2.28 bits per heavy atom. The van der Waals surface area contributed by atoms with Crippen molar-refractivity contribution in [1.82, 2.24) is 30.7 Å². The molecule has 316 valence electrons. The van der Waals surface area contributed by atoms with Crippen molar-refractivity contribution in [3.8, 4) is 0 Å². The lowest BCUT2D eigenvalue weighted by Gasteiger charge is -2.39. The van der Waals surface area contributed by atoms with E-state index < -0.39 is 108 Å². The molecule has 16 nitrogen and oxygen atoms in total. The molecule has 1 unspecified atom stereocenters. The van der Waals surface area contributed by atoms with Crippen molar-refractivity contribution >= 4 is 63.9 Å². The quantitative estimate of drug-likeness (QED) is 0.174. The number of aliphatic hydroxyl groups is 2. The normalized spacial score (nSPS) is 28.3. The molecule has 3 aliphatic rings. The number of anilines is 1. The van der Waals surface area contributed by atoms with Crippen LogP contribution >= 0.6 is 22.6 Å². The number of aliphatic hydroxyl groups excluding tert-OH is 2. The number of hydrogen-bond acceptors (Lipinski definition) is 10. The number of rotatable bonds is 7. The van der Waals surface area contributed by atoms with E-state index >= 15 is 0 Å². The number of halogens is 3. The summed E-state index contributed by atoms with van der Waals surface area (Å²) in [5.74, 6) is -5.87. The van der Waals surface area contributed by atoms with Crippen LogP contribution in [0.2, 0.25) is 0 Å². The van der Waals surface area contributed by atoms with E-state index in [2.05, 4.69) is 43.9 Å². The molecular weight excluding hydrogens is 875 g/mol. The summed E-state index contributed by atoms with van der Waals surface area (Å²) in [5, 5.41) is 32.5. The fourth-order valence-corrected chi connectivity index (χ4v) is 8.19. The Hall–Kier alpha value is -4.47. The predicted octanol–water partition coefficient (Wildman–Crippen LogP) is 1.46. The first-order chi connectivity index (χ1) is 27.3. The van der Waals surface area contributed by atoms with Crippen molar-refractivity contribution in [2.45, 2.75) is 108 Å². The van der Waals surface area contributed by atoms with Gasteiger partial charge in [0.2, 0.25) is 23.6 Å². The highest BCUT2D eigenvalue weighted by molar-refractivity contribution is 14.1. The number of carbonyl (C=O) groups is 6. The molecule has 0 aromatic heterocycles. The van der Waals surface area contributed by atoms with E-state index in [-0.39, 0.29) is 37.4 Å². The van der Waals surface area contributed by atoms with Gasteiger partial charge in [0.05, 0.1) is 18.2 Å². The number of carbonyl (C=O) groups excluding carboxylic acids is 6. The summed E-state index contributed by atoms with van der Waals surface area (Å²) in [4.78, 5) is 87.5. The third-order valence-corrected chi connectivity index (χ3v) is 11.4. The van der Waals surface area contributed by atoms with Gasteiger partial charge < -0.3 is 45.6 Å². The molecule has 3 heterocycles. The van der Waals surface area contributed by atoms with Crippen molar-refractivity contribution in [2.75, 3.05) is 25.5 Å². The Morgan fingerprint density at radius 2 is 1.64 bits per heavy atom. The zero-order chi connectivity index (χ0) is 42.6. The third kappa shape index (κ3) is 10.6. The molecule has 3 fully saturated rings. The number of nitrogens with one attached hydrogen (secondary N) is 4. The van der Waals surface area contributed by atoms with E-state index in [1.54, 1.807) is 24.3 Å². The molecule has 0 saturated carbocycles. The van der Waals surface area contributed by atoms with Crippen LogP contribution in [0, 0.1) is 21.1 Å². The third-order valence-electron chi connectivity index (χ3n) is 10.7. The van der Waals surface area contributed by atoms with Gasteiger partial charge in [-0.25, -0.2) is 18.4 Å². The van der Waals surface area contributed by atoms with Crippen LogP contribution in [0.15, 0.2) is 42.5 Å². The highest BCUT2D eigenvalue weighted by Crippen LogP contribution is 2.28. The Kier molecular flexibility index (Phi) is 14.7. The van der Waals surface area contributed by atoms with Crippen molar-refractivity contribution in [1.29, 1.82) is 0 Å². The summed E-state index contributed by atoms with van der Waals surface area (Å²) in [6.45, 7) is 6.27. The van der Waals surface area contributed by atoms with Gasteiger partial charge in [-0.2, -0.15) is 0 Å². The summed E-state index contributed by atoms with van der Waals surface area (Å²) in [6, 6.07) is 0.717. The van der Waals surface area contributed by atoms with Gasteiger partial charge in [-0.15, -0.1) is 0 Å². The van der Waals surface area contributed by atoms with E-state index in [1.807, 2.05) is 6.92 Å². The Balaban J connectivity index is 1.51. The molecule has 0 aliphatic carbocycles. The molecule has 2 aromatic rings. The number of urea groups is 1. The van der Waals surface area contributed by atoms with Crippen molar-refractivity contribution < 1.29 is 52.5 Å². The Morgan fingerprint density at radius 1 is 0.983 bits per heavy atom. The second-order valence-electron chi connectivity index (χ2n) is 15.3. The minimum absolute atomic E-state index is 0.00271. The maximum Gasteiger partial charge on any atom is 0.329 e. The average molecular weight is 926 g/mol. The second-order valence-corrected chi connectivity index (χ2v) is 16.6. The number of fused-ring (bicyclic) bond motifs is 2. The monoisotopic (exact) mass is 925 g/mol. The summed E-state index contributed by atoms with van der Waals surface area (Å²) in [5.41, 5.74) is 0.379. The fraction of sp³-hybridized carbons (Fsp3) is 0.538. The molecule has 0 spiro atoms. The molecule has 6 N–H and O–H groups in total. The first kappa shape index (κ1) is 44.6. The average Bonchev–Trinajstić information content (AvgIpc) is 3.80. The van der Waals surface area contributed by atoms with Crippen molar-refractivity contribution in [3.05, 3.63) is 63.2 Å². The highest BCUT2D eigenvalue weighted by Gasteiger charge is 2.47. The van der Waals surface area contributed by atoms with E-state index in [0.29, 0.717) is 18.2 Å². The standard InChI is InChI=1S/C39H50F2IN7O9/c1-19-13-30-38(56)58-22(4)31(46-33(51)28(16-23-14-24(40)17-25(41)15-23)45-39(57)44-27-10-8-26(42)9-11-27)37(55)48-12-6-7-29(48)36(54)47(5)32(21(3)50)34(52)43-20(2)35(53)49(30)18-19/h8-11,14-15,17,19-22,28-32,34,43,50,52H,6-7,12-13,16,18H2,1-5H3,(H,46,51)(H2,44,45,57)/t19-,20-,21-,22-,28-,29-,30-,31-,32-,34?/m0/s1. The van der Waals surface area contributed by atoms with Crippen LogP contribution in [-0.2, 0) is 35.1 Å². The van der Waals surface area contributed by atoms with E-state index in [4.69, 9.17) is 4.74 Å². The predicted molar refractivity (Wildman–Crippen MR) is 214 cm³/mol. The largest absolute Gasteiger partial charge is 0.458 e. The van der Waals surface area contributed by atoms with Gasteiger partial charge in [-0.3, -0.25) is 24.5 Å². The van der Waals surface area contributed by atoms with Crippen LogP contribution in [0.3, 0.4) is 0 Å². The smallest absolute Gasteiger partial charge is 0.329 e. The zero-order valence-corrected chi connectivity index (χ0v) is 34.9. The van der Waals surface area contributed by atoms with E-state index in [0.717, 1.165) is 20.6 Å². The highest BCUT2D eigenvalue weighted by atomic mass is 127. The second kappa shape index (κ2) is 19.1. The summed E-state index contributed by atoms with van der Waals surface area (Å²) < 4.78 is 35.4. The maximum absolute atomic E-state index is 14.6. The number of benzene rings is 2. The van der Waals surface area contributed by atoms with Crippen LogP contribution in [0.5, 0.6) is 0 Å². The molecule has 6 amide bonds. The van der Waals surface area contributed by atoms with Gasteiger partial charge in [0, 0.05) is 41.9 Å². The van der Waals surface area contributed by atoms with E-state index in [1.165, 1.54) is 37.6 Å². The van der Waals surface area contributed by atoms with Gasteiger partial charge in [-0.1, -0.05) is 6.92 Å². The number of likely N-dealkylation sites (N-methyl/N-ethyl adjacent to an activating group) is 1. The minimum atomic E-state index is -1.67. The van der Waals surface area contributed by atoms with E-state index in [9.17, 15) is 47.8 Å². The molecule has 5 rings (SSSR count). The number of nitrogens with zero attached hydrogens (tertiary/aromatic N) is 3. The minimum Gasteiger partial charge on any atom is -0.458 e. The Labute approximate surface area is 348 Å². The van der Waals surface area contributed by atoms with Crippen LogP contribution < -0.4 is 21.3 Å². The molecular formula is C39H50F2IN7O9. The van der Waals surface area contributed by atoms with Gasteiger partial charge in [0.1, 0.15) is 48.1 Å². The lowest BCUT2D eigenvalue weighted by Crippen LogP contribution is -2.64. The van der Waals surface area contributed by atoms with Crippen LogP contribution in [0.1, 0.15) is 52.5 Å². The number of esters is 1. The van der Waals surface area contributed by atoms with Gasteiger partial charge in [-0.05, 0) is 111 Å². The molecule has 3 aliphatic heterocycles. The summed E-state index contributed by atoms with van der Waals surface area (Å²) in [7, 11) is 1.36. The van der Waals surface area contributed by atoms with Crippen molar-refractivity contribution in [2.24, 2.45) is 5.92 Å². The zero-order valence-electron chi connectivity index (χ0n) is 32.8. The Bertz CT molecular complexity index is 1850. The number of cyclic esters (lactones) is 1. The van der Waals surface area contributed by atoms with Crippen LogP contribution in [-0.4, -0.2) is 135 Å². The molecule has 2 aromatic carbocycles. The molecule has 10 atom stereocenters. The number of ether oxygens (including phenoxy) is 1. The van der Waals surface area contributed by atoms with Gasteiger partial charge in [0.25, 0.3) is 0 Å². The van der Waals surface area contributed by atoms with Gasteiger partial charge in [0.15, 0.2) is 0 Å². The van der Waals surface area contributed by atoms with Crippen LogP contribution in [0.4, 0.5) is 19.3 Å². The molecule has 19 heteroatoms. The maximum atomic E-state index is 14.6. The lowest BCUT2D eigenvalue weighted by molar-refractivity contribution is -0.163. The molecule has 0 radical (unpaired) electrons. The number of amides is 6. The van der Waals surface area contributed by atoms with Crippen molar-refractivity contribution in [3.63, 3.8) is 0 Å². The summed E-state index contributed by atoms with van der Waals surface area (Å²) in [6.07, 6.45) is -4.00. The molecule has 0 bridgehead atoms. The fourth-order valence-electron chi connectivity index (χ4n) is 7.83. The van der Waals surface area contributed by atoms with Crippen LogP contribution in [0.25, 0.3) is 0 Å². The number of hydrogen-bond donors (Lipinski definition) is 6. The molecule has 58 heavy (non-hydrogen) atoms. The lowest BCUT2D eigenvalue weighted by atomic mass is 10.0. The first-order valence-corrected chi connectivity index (χ1v) is 20.2. The summed E-state index contributed by atoms with van der Waals surface area (Å²) >= 11 is 2.09.